The van der Waals surface area contributed by atoms with E-state index in [2.05, 4.69) is 76.5 Å². The number of imidazole rings is 1. The molecule has 0 bridgehead atoms. The molecule has 0 saturated heterocycles. The number of hydrogen-bond acceptors (Lipinski definition) is 1. The van der Waals surface area contributed by atoms with Gasteiger partial charge in [-0.3, -0.25) is 0 Å². The van der Waals surface area contributed by atoms with Gasteiger partial charge in [0.05, 0.1) is 22.5 Å². The highest BCUT2D eigenvalue weighted by Gasteiger charge is 2.20. The van der Waals surface area contributed by atoms with E-state index >= 15 is 0 Å². The molecule has 0 spiro atoms. The minimum atomic E-state index is -0.124. The second-order valence-corrected chi connectivity index (χ2v) is 7.08. The SMILES string of the molecule is CC(Cl)c1nc2cc(I)ccc2n1C(C)c1ccccc1. The largest absolute Gasteiger partial charge is 0.319 e. The van der Waals surface area contributed by atoms with Crippen LogP contribution in [0.5, 0.6) is 0 Å². The Hall–Kier alpha value is -1.07. The Kier molecular flexibility index (Phi) is 4.22. The Morgan fingerprint density at radius 2 is 1.81 bits per heavy atom. The van der Waals surface area contributed by atoms with Gasteiger partial charge in [0.1, 0.15) is 5.82 Å². The van der Waals surface area contributed by atoms with Gasteiger partial charge in [-0.05, 0) is 60.2 Å². The smallest absolute Gasteiger partial charge is 0.128 e. The van der Waals surface area contributed by atoms with Crippen LogP contribution in [0, 0.1) is 3.57 Å². The molecule has 0 aliphatic rings. The summed E-state index contributed by atoms with van der Waals surface area (Å²) in [5.74, 6) is 0.921. The monoisotopic (exact) mass is 410 g/mol. The van der Waals surface area contributed by atoms with E-state index in [1.54, 1.807) is 0 Å². The fourth-order valence-electron chi connectivity index (χ4n) is 2.66. The molecule has 0 fully saturated rings. The molecule has 0 aliphatic carbocycles. The molecule has 0 radical (unpaired) electrons. The molecule has 0 aliphatic heterocycles. The summed E-state index contributed by atoms with van der Waals surface area (Å²) < 4.78 is 3.43. The second-order valence-electron chi connectivity index (χ2n) is 5.18. The maximum Gasteiger partial charge on any atom is 0.128 e. The Labute approximate surface area is 143 Å². The first-order valence-electron chi connectivity index (χ1n) is 6.94. The molecule has 3 aromatic rings. The summed E-state index contributed by atoms with van der Waals surface area (Å²) in [7, 11) is 0. The van der Waals surface area contributed by atoms with Crippen LogP contribution >= 0.6 is 34.2 Å². The molecule has 1 heterocycles. The van der Waals surface area contributed by atoms with Crippen LogP contribution in [-0.2, 0) is 0 Å². The highest BCUT2D eigenvalue weighted by Crippen LogP contribution is 2.31. The van der Waals surface area contributed by atoms with Crippen molar-refractivity contribution < 1.29 is 0 Å². The van der Waals surface area contributed by atoms with E-state index in [-0.39, 0.29) is 11.4 Å². The van der Waals surface area contributed by atoms with E-state index in [1.165, 1.54) is 9.13 Å². The van der Waals surface area contributed by atoms with Crippen molar-refractivity contribution in [3.63, 3.8) is 0 Å². The Bertz CT molecular complexity index is 765. The van der Waals surface area contributed by atoms with Gasteiger partial charge >= 0.3 is 0 Å². The van der Waals surface area contributed by atoms with Gasteiger partial charge in [0.25, 0.3) is 0 Å². The summed E-state index contributed by atoms with van der Waals surface area (Å²) in [4.78, 5) is 4.75. The zero-order valence-corrected chi connectivity index (χ0v) is 14.8. The summed E-state index contributed by atoms with van der Waals surface area (Å²) in [5, 5.41) is -0.124. The zero-order chi connectivity index (χ0) is 15.0. The number of aromatic nitrogens is 2. The Morgan fingerprint density at radius 3 is 2.48 bits per heavy atom. The normalized spacial score (nSPS) is 14.3. The quantitative estimate of drug-likeness (QED) is 0.409. The Balaban J connectivity index is 2.22. The van der Waals surface area contributed by atoms with Crippen molar-refractivity contribution in [2.24, 2.45) is 0 Å². The van der Waals surface area contributed by atoms with Gasteiger partial charge in [-0.25, -0.2) is 4.98 Å². The fourth-order valence-corrected chi connectivity index (χ4v) is 3.29. The summed E-state index contributed by atoms with van der Waals surface area (Å²) in [6.07, 6.45) is 0. The molecule has 3 rings (SSSR count). The van der Waals surface area contributed by atoms with Crippen LogP contribution in [0.25, 0.3) is 11.0 Å². The predicted octanol–water partition coefficient (Wildman–Crippen LogP) is 5.55. The molecule has 2 nitrogen and oxygen atoms in total. The molecular formula is C17H16ClIN2. The lowest BCUT2D eigenvalue weighted by Crippen LogP contribution is -2.11. The maximum atomic E-state index is 6.37. The highest BCUT2D eigenvalue weighted by molar-refractivity contribution is 14.1. The van der Waals surface area contributed by atoms with E-state index in [9.17, 15) is 0 Å². The highest BCUT2D eigenvalue weighted by atomic mass is 127. The zero-order valence-electron chi connectivity index (χ0n) is 11.9. The lowest BCUT2D eigenvalue weighted by Gasteiger charge is -2.19. The Morgan fingerprint density at radius 1 is 1.10 bits per heavy atom. The van der Waals surface area contributed by atoms with Gasteiger partial charge < -0.3 is 4.57 Å². The maximum absolute atomic E-state index is 6.37. The average Bonchev–Trinajstić information content (AvgIpc) is 2.86. The standard InChI is InChI=1S/C17H16ClIN2/c1-11(18)17-20-15-10-14(19)8-9-16(15)21(17)12(2)13-6-4-3-5-7-13/h3-12H,1-2H3. The predicted molar refractivity (Wildman–Crippen MR) is 97.0 cm³/mol. The van der Waals surface area contributed by atoms with Crippen molar-refractivity contribution >= 4 is 45.2 Å². The molecule has 0 N–H and O–H groups in total. The molecule has 108 valence electrons. The average molecular weight is 411 g/mol. The van der Waals surface area contributed by atoms with Crippen LogP contribution < -0.4 is 0 Å². The lowest BCUT2D eigenvalue weighted by molar-refractivity contribution is 0.618. The first-order valence-corrected chi connectivity index (χ1v) is 8.46. The number of rotatable bonds is 3. The molecule has 4 heteroatoms. The first-order chi connectivity index (χ1) is 10.1. The van der Waals surface area contributed by atoms with Gasteiger partial charge in [0.15, 0.2) is 0 Å². The fraction of sp³-hybridized carbons (Fsp3) is 0.235. The third-order valence-electron chi connectivity index (χ3n) is 3.70. The molecule has 0 amide bonds. The number of nitrogens with zero attached hydrogens (tertiary/aromatic N) is 2. The molecule has 2 aromatic carbocycles. The van der Waals surface area contributed by atoms with E-state index in [0.717, 1.165) is 16.9 Å². The molecule has 2 unspecified atom stereocenters. The number of hydrogen-bond donors (Lipinski definition) is 0. The number of alkyl halides is 1. The molecule has 21 heavy (non-hydrogen) atoms. The summed E-state index contributed by atoms with van der Waals surface area (Å²) in [5.41, 5.74) is 3.40. The van der Waals surface area contributed by atoms with E-state index in [4.69, 9.17) is 16.6 Å². The van der Waals surface area contributed by atoms with Crippen molar-refractivity contribution in [2.75, 3.05) is 0 Å². The molecule has 1 aromatic heterocycles. The van der Waals surface area contributed by atoms with Gasteiger partial charge in [0, 0.05) is 3.57 Å². The first kappa shape index (κ1) is 14.9. The van der Waals surface area contributed by atoms with Gasteiger partial charge in [-0.15, -0.1) is 11.6 Å². The third kappa shape index (κ3) is 2.81. The van der Waals surface area contributed by atoms with Crippen molar-refractivity contribution in [3.05, 3.63) is 63.5 Å². The summed E-state index contributed by atoms with van der Waals surface area (Å²) in [6.45, 7) is 4.17. The van der Waals surface area contributed by atoms with Crippen LogP contribution in [0.2, 0.25) is 0 Å². The van der Waals surface area contributed by atoms with Crippen LogP contribution in [0.3, 0.4) is 0 Å². The topological polar surface area (TPSA) is 17.8 Å². The van der Waals surface area contributed by atoms with Crippen molar-refractivity contribution in [1.82, 2.24) is 9.55 Å². The van der Waals surface area contributed by atoms with E-state index < -0.39 is 0 Å². The number of halogens is 2. The van der Waals surface area contributed by atoms with E-state index in [0.29, 0.717) is 0 Å². The van der Waals surface area contributed by atoms with Crippen LogP contribution in [0.4, 0.5) is 0 Å². The van der Waals surface area contributed by atoms with Crippen molar-refractivity contribution in [3.8, 4) is 0 Å². The summed E-state index contributed by atoms with van der Waals surface area (Å²) >= 11 is 8.68. The van der Waals surface area contributed by atoms with Crippen LogP contribution in [0.15, 0.2) is 48.5 Å². The minimum absolute atomic E-state index is 0.124. The number of benzene rings is 2. The third-order valence-corrected chi connectivity index (χ3v) is 4.57. The van der Waals surface area contributed by atoms with Gasteiger partial charge in [-0.1, -0.05) is 30.3 Å². The van der Waals surface area contributed by atoms with Gasteiger partial charge in [0.2, 0.25) is 0 Å². The molecular weight excluding hydrogens is 395 g/mol. The van der Waals surface area contributed by atoms with Crippen LogP contribution in [-0.4, -0.2) is 9.55 Å². The molecule has 2 atom stereocenters. The van der Waals surface area contributed by atoms with E-state index in [1.807, 2.05) is 13.0 Å². The lowest BCUT2D eigenvalue weighted by atomic mass is 10.1. The van der Waals surface area contributed by atoms with Crippen molar-refractivity contribution in [1.29, 1.82) is 0 Å². The number of fused-ring (bicyclic) bond motifs is 1. The van der Waals surface area contributed by atoms with Crippen LogP contribution in [0.1, 0.15) is 36.7 Å². The van der Waals surface area contributed by atoms with Crippen molar-refractivity contribution in [2.45, 2.75) is 25.3 Å². The molecule has 0 saturated carbocycles. The van der Waals surface area contributed by atoms with Gasteiger partial charge in [-0.2, -0.15) is 0 Å². The second kappa shape index (κ2) is 5.97. The minimum Gasteiger partial charge on any atom is -0.319 e. The summed E-state index contributed by atoms with van der Waals surface area (Å²) in [6, 6.07) is 17.0.